The van der Waals surface area contributed by atoms with Gasteiger partial charge in [0.05, 0.1) is 0 Å². The zero-order chi connectivity index (χ0) is 7.28. The Labute approximate surface area is 72.6 Å². The summed E-state index contributed by atoms with van der Waals surface area (Å²) >= 11 is 6.72. The van der Waals surface area contributed by atoms with Crippen LogP contribution in [-0.4, -0.2) is 22.7 Å². The Hall–Kier alpha value is 0.880. The zero-order valence-electron chi connectivity index (χ0n) is 5.19. The van der Waals surface area contributed by atoms with Crippen molar-refractivity contribution in [2.45, 2.75) is 17.3 Å². The molecule has 0 aliphatic heterocycles. The average molecular weight is 260 g/mol. The van der Waals surface area contributed by atoms with Gasteiger partial charge < -0.3 is 11.5 Å². The molecule has 0 heterocycles. The number of alkyl halides is 2. The van der Waals surface area contributed by atoms with Gasteiger partial charge >= 0.3 is 0 Å². The van der Waals surface area contributed by atoms with E-state index in [1.165, 1.54) is 0 Å². The molecule has 4 N–H and O–H groups in total. The summed E-state index contributed by atoms with van der Waals surface area (Å²) in [4.78, 5) is 0.349. The quantitative estimate of drug-likeness (QED) is 0.735. The van der Waals surface area contributed by atoms with Crippen molar-refractivity contribution in [2.24, 2.45) is 11.5 Å². The topological polar surface area (TPSA) is 52.0 Å². The predicted molar refractivity (Wildman–Crippen MR) is 48.2 cm³/mol. The van der Waals surface area contributed by atoms with Crippen molar-refractivity contribution in [1.82, 2.24) is 0 Å². The van der Waals surface area contributed by atoms with E-state index in [9.17, 15) is 0 Å². The van der Waals surface area contributed by atoms with Crippen molar-refractivity contribution >= 4 is 31.9 Å². The van der Waals surface area contributed by atoms with Gasteiger partial charge in [0, 0.05) is 16.2 Å². The molecule has 0 aliphatic carbocycles. The number of nitrogens with two attached hydrogens (primary N) is 2. The standard InChI is InChI=1S/C5H12Br2N2/c6-3-5(9)4(7)1-2-8/h4-5H,1-3,8-9H2. The fraction of sp³-hybridized carbons (Fsp3) is 1.00. The molecule has 0 amide bonds. The molecule has 0 bridgehead atoms. The fourth-order valence-corrected chi connectivity index (χ4v) is 1.87. The maximum Gasteiger partial charge on any atom is 0.0317 e. The van der Waals surface area contributed by atoms with Crippen LogP contribution in [0.3, 0.4) is 0 Å². The summed E-state index contributed by atoms with van der Waals surface area (Å²) < 4.78 is 0. The molecule has 9 heavy (non-hydrogen) atoms. The molecule has 0 saturated heterocycles. The molecule has 0 aromatic carbocycles. The first-order valence-corrected chi connectivity index (χ1v) is 4.91. The van der Waals surface area contributed by atoms with Crippen LogP contribution >= 0.6 is 31.9 Å². The smallest absolute Gasteiger partial charge is 0.0317 e. The van der Waals surface area contributed by atoms with Crippen LogP contribution in [-0.2, 0) is 0 Å². The second-order valence-electron chi connectivity index (χ2n) is 1.91. The molecule has 0 saturated carbocycles. The van der Waals surface area contributed by atoms with Crippen LogP contribution in [0.4, 0.5) is 0 Å². The van der Waals surface area contributed by atoms with Gasteiger partial charge in [-0.1, -0.05) is 31.9 Å². The van der Waals surface area contributed by atoms with Gasteiger partial charge in [0.1, 0.15) is 0 Å². The fourth-order valence-electron chi connectivity index (χ4n) is 0.470. The summed E-state index contributed by atoms with van der Waals surface area (Å²) in [7, 11) is 0. The van der Waals surface area contributed by atoms with E-state index in [1.807, 2.05) is 0 Å². The third-order valence-corrected chi connectivity index (χ3v) is 2.97. The maximum atomic E-state index is 5.65. The minimum absolute atomic E-state index is 0.175. The Balaban J connectivity index is 3.32. The summed E-state index contributed by atoms with van der Waals surface area (Å²) in [5, 5.41) is 0.822. The number of hydrogen-bond acceptors (Lipinski definition) is 2. The van der Waals surface area contributed by atoms with Crippen molar-refractivity contribution in [1.29, 1.82) is 0 Å². The van der Waals surface area contributed by atoms with E-state index in [-0.39, 0.29) is 6.04 Å². The summed E-state index contributed by atoms with van der Waals surface area (Å²) in [6.07, 6.45) is 0.937. The SMILES string of the molecule is NCCC(Br)C(N)CBr. The monoisotopic (exact) mass is 258 g/mol. The predicted octanol–water partition coefficient (Wildman–Crippen LogP) is 0.821. The van der Waals surface area contributed by atoms with Crippen LogP contribution in [0.25, 0.3) is 0 Å². The highest BCUT2D eigenvalue weighted by molar-refractivity contribution is 9.10. The van der Waals surface area contributed by atoms with Gasteiger partial charge in [-0.2, -0.15) is 0 Å². The van der Waals surface area contributed by atoms with Crippen molar-refractivity contribution < 1.29 is 0 Å². The van der Waals surface area contributed by atoms with Crippen LogP contribution in [0.1, 0.15) is 6.42 Å². The molecule has 2 atom stereocenters. The first kappa shape index (κ1) is 9.88. The van der Waals surface area contributed by atoms with Gasteiger partial charge in [0.15, 0.2) is 0 Å². The molecular weight excluding hydrogens is 248 g/mol. The molecule has 0 aromatic heterocycles. The Bertz CT molecular complexity index is 70.0. The van der Waals surface area contributed by atoms with E-state index >= 15 is 0 Å². The largest absolute Gasteiger partial charge is 0.330 e. The van der Waals surface area contributed by atoms with Crippen LogP contribution < -0.4 is 11.5 Å². The molecule has 2 nitrogen and oxygen atoms in total. The molecule has 0 radical (unpaired) electrons. The van der Waals surface area contributed by atoms with E-state index in [2.05, 4.69) is 31.9 Å². The molecule has 0 fully saturated rings. The van der Waals surface area contributed by atoms with Gasteiger partial charge in [-0.25, -0.2) is 0 Å². The van der Waals surface area contributed by atoms with Crippen molar-refractivity contribution in [3.05, 3.63) is 0 Å². The second kappa shape index (κ2) is 5.65. The summed E-state index contributed by atoms with van der Waals surface area (Å²) in [6, 6.07) is 0.175. The Morgan fingerprint density at radius 2 is 2.00 bits per heavy atom. The Morgan fingerprint density at radius 1 is 1.44 bits per heavy atom. The maximum absolute atomic E-state index is 5.65. The van der Waals surface area contributed by atoms with E-state index in [1.54, 1.807) is 0 Å². The summed E-state index contributed by atoms with van der Waals surface area (Å²) in [5.41, 5.74) is 11.0. The highest BCUT2D eigenvalue weighted by Crippen LogP contribution is 2.09. The lowest BCUT2D eigenvalue weighted by molar-refractivity contribution is 0.667. The lowest BCUT2D eigenvalue weighted by Crippen LogP contribution is -2.33. The Kier molecular flexibility index (Phi) is 6.20. The normalized spacial score (nSPS) is 17.3. The van der Waals surface area contributed by atoms with E-state index < -0.39 is 0 Å². The van der Waals surface area contributed by atoms with Gasteiger partial charge in [-0.05, 0) is 13.0 Å². The molecule has 0 aromatic rings. The molecular formula is C5H12Br2N2. The lowest BCUT2D eigenvalue weighted by atomic mass is 10.2. The van der Waals surface area contributed by atoms with Crippen molar-refractivity contribution in [3.63, 3.8) is 0 Å². The molecule has 0 spiro atoms. The second-order valence-corrected chi connectivity index (χ2v) is 3.74. The van der Waals surface area contributed by atoms with Crippen LogP contribution in [0, 0.1) is 0 Å². The molecule has 56 valence electrons. The highest BCUT2D eigenvalue weighted by Gasteiger charge is 2.10. The molecule has 2 unspecified atom stereocenters. The lowest BCUT2D eigenvalue weighted by Gasteiger charge is -2.13. The van der Waals surface area contributed by atoms with Crippen molar-refractivity contribution in [2.75, 3.05) is 11.9 Å². The van der Waals surface area contributed by atoms with E-state index in [0.29, 0.717) is 11.4 Å². The van der Waals surface area contributed by atoms with Gasteiger partial charge in [0.25, 0.3) is 0 Å². The number of rotatable bonds is 4. The molecule has 4 heteroatoms. The minimum atomic E-state index is 0.175. The zero-order valence-corrected chi connectivity index (χ0v) is 8.36. The Morgan fingerprint density at radius 3 is 2.33 bits per heavy atom. The van der Waals surface area contributed by atoms with E-state index in [4.69, 9.17) is 11.5 Å². The number of halogens is 2. The van der Waals surface area contributed by atoms with Crippen LogP contribution in [0.15, 0.2) is 0 Å². The molecule has 0 aliphatic rings. The summed E-state index contributed by atoms with van der Waals surface area (Å²) in [5.74, 6) is 0. The third-order valence-electron chi connectivity index (χ3n) is 1.09. The average Bonchev–Trinajstić information content (AvgIpc) is 1.87. The highest BCUT2D eigenvalue weighted by atomic mass is 79.9. The van der Waals surface area contributed by atoms with Gasteiger partial charge in [-0.15, -0.1) is 0 Å². The minimum Gasteiger partial charge on any atom is -0.330 e. The van der Waals surface area contributed by atoms with Crippen molar-refractivity contribution in [3.8, 4) is 0 Å². The first-order valence-electron chi connectivity index (χ1n) is 2.88. The molecule has 0 rings (SSSR count). The van der Waals surface area contributed by atoms with Gasteiger partial charge in [-0.3, -0.25) is 0 Å². The summed E-state index contributed by atoms with van der Waals surface area (Å²) in [6.45, 7) is 0.691. The third kappa shape index (κ3) is 4.31. The van der Waals surface area contributed by atoms with Crippen LogP contribution in [0.2, 0.25) is 0 Å². The van der Waals surface area contributed by atoms with E-state index in [0.717, 1.165) is 11.8 Å². The van der Waals surface area contributed by atoms with Crippen LogP contribution in [0.5, 0.6) is 0 Å². The number of hydrogen-bond donors (Lipinski definition) is 2. The van der Waals surface area contributed by atoms with Gasteiger partial charge in [0.2, 0.25) is 0 Å². The first-order chi connectivity index (χ1) is 4.22.